The monoisotopic (exact) mass is 291 g/mol. The molecule has 0 radical (unpaired) electrons. The van der Waals surface area contributed by atoms with Crippen LogP contribution >= 0.6 is 0 Å². The Labute approximate surface area is 120 Å². The maximum Gasteiger partial charge on any atom is 0.416 e. The lowest BCUT2D eigenvalue weighted by molar-refractivity contribution is -0.137. The molecule has 2 aromatic rings. The van der Waals surface area contributed by atoms with Crippen LogP contribution in [0.1, 0.15) is 29.7 Å². The molecule has 1 unspecified atom stereocenters. The van der Waals surface area contributed by atoms with Gasteiger partial charge in [0.1, 0.15) is 11.9 Å². The molecular formula is C15H12F3N3. The number of pyridine rings is 1. The van der Waals surface area contributed by atoms with Gasteiger partial charge >= 0.3 is 6.18 Å². The fraction of sp³-hybridized carbons (Fsp3) is 0.200. The lowest BCUT2D eigenvalue weighted by Gasteiger charge is -2.16. The fourth-order valence-corrected chi connectivity index (χ4v) is 1.86. The Balaban J connectivity index is 2.17. The van der Waals surface area contributed by atoms with Gasteiger partial charge in [0.15, 0.2) is 0 Å². The van der Waals surface area contributed by atoms with E-state index in [-0.39, 0.29) is 6.04 Å². The molecule has 1 heterocycles. The summed E-state index contributed by atoms with van der Waals surface area (Å²) in [6.45, 7) is 1.79. The normalized spacial score (nSPS) is 12.5. The second-order valence-electron chi connectivity index (χ2n) is 4.50. The molecule has 3 nitrogen and oxygen atoms in total. The number of rotatable bonds is 3. The molecule has 0 saturated carbocycles. The van der Waals surface area contributed by atoms with Crippen LogP contribution in [0, 0.1) is 11.3 Å². The van der Waals surface area contributed by atoms with E-state index in [9.17, 15) is 13.2 Å². The zero-order valence-corrected chi connectivity index (χ0v) is 11.1. The zero-order chi connectivity index (χ0) is 15.5. The van der Waals surface area contributed by atoms with E-state index in [2.05, 4.69) is 10.3 Å². The van der Waals surface area contributed by atoms with Crippen molar-refractivity contribution in [3.63, 3.8) is 0 Å². The van der Waals surface area contributed by atoms with Crippen LogP contribution in [-0.4, -0.2) is 4.98 Å². The van der Waals surface area contributed by atoms with Crippen LogP contribution in [0.5, 0.6) is 0 Å². The van der Waals surface area contributed by atoms with Crippen LogP contribution in [0.3, 0.4) is 0 Å². The molecule has 0 aliphatic heterocycles. The number of alkyl halides is 3. The average molecular weight is 291 g/mol. The van der Waals surface area contributed by atoms with E-state index in [1.54, 1.807) is 25.3 Å². The summed E-state index contributed by atoms with van der Waals surface area (Å²) in [7, 11) is 0. The summed E-state index contributed by atoms with van der Waals surface area (Å²) in [5.41, 5.74) is 0.378. The molecule has 1 atom stereocenters. The number of nitrogens with one attached hydrogen (secondary N) is 1. The lowest BCUT2D eigenvalue weighted by Crippen LogP contribution is -2.10. The van der Waals surface area contributed by atoms with Crippen molar-refractivity contribution < 1.29 is 13.2 Å². The molecule has 21 heavy (non-hydrogen) atoms. The quantitative estimate of drug-likeness (QED) is 0.924. The van der Waals surface area contributed by atoms with Gasteiger partial charge in [-0.3, -0.25) is 0 Å². The molecule has 6 heteroatoms. The van der Waals surface area contributed by atoms with Gasteiger partial charge in [-0.15, -0.1) is 0 Å². The molecule has 0 aliphatic rings. The molecule has 0 fully saturated rings. The molecule has 2 rings (SSSR count). The van der Waals surface area contributed by atoms with Crippen molar-refractivity contribution in [3.8, 4) is 6.07 Å². The van der Waals surface area contributed by atoms with Crippen molar-refractivity contribution >= 4 is 5.82 Å². The molecular weight excluding hydrogens is 279 g/mol. The van der Waals surface area contributed by atoms with Crippen molar-refractivity contribution in [2.24, 2.45) is 0 Å². The Morgan fingerprint density at radius 2 is 1.86 bits per heavy atom. The highest BCUT2D eigenvalue weighted by Crippen LogP contribution is 2.30. The van der Waals surface area contributed by atoms with Gasteiger partial charge < -0.3 is 5.32 Å². The summed E-state index contributed by atoms with van der Waals surface area (Å²) in [4.78, 5) is 4.06. The molecule has 0 saturated heterocycles. The van der Waals surface area contributed by atoms with Gasteiger partial charge in [-0.2, -0.15) is 18.4 Å². The predicted molar refractivity (Wildman–Crippen MR) is 72.4 cm³/mol. The van der Waals surface area contributed by atoms with Gasteiger partial charge in [0.25, 0.3) is 0 Å². The molecule has 0 bridgehead atoms. The highest BCUT2D eigenvalue weighted by Gasteiger charge is 2.30. The van der Waals surface area contributed by atoms with E-state index in [0.717, 1.165) is 12.1 Å². The topological polar surface area (TPSA) is 48.7 Å². The molecule has 0 amide bonds. The number of hydrogen-bond donors (Lipinski definition) is 1. The smallest absolute Gasteiger partial charge is 0.362 e. The van der Waals surface area contributed by atoms with Gasteiger partial charge in [-0.25, -0.2) is 4.98 Å². The number of hydrogen-bond acceptors (Lipinski definition) is 3. The highest BCUT2D eigenvalue weighted by molar-refractivity contribution is 5.52. The molecule has 1 aromatic carbocycles. The molecule has 108 valence electrons. The number of halogens is 3. The first kappa shape index (κ1) is 14.9. The van der Waals surface area contributed by atoms with Gasteiger partial charge in [-0.1, -0.05) is 12.1 Å². The molecule has 0 aliphatic carbocycles. The van der Waals surface area contributed by atoms with Crippen molar-refractivity contribution in [1.29, 1.82) is 5.26 Å². The van der Waals surface area contributed by atoms with Gasteiger partial charge in [-0.05, 0) is 36.8 Å². The Morgan fingerprint density at radius 3 is 2.43 bits per heavy atom. The predicted octanol–water partition coefficient (Wildman–Crippen LogP) is 4.15. The lowest BCUT2D eigenvalue weighted by atomic mass is 10.1. The Hall–Kier alpha value is -2.55. The number of nitriles is 1. The molecule has 1 N–H and O–H groups in total. The third-order valence-electron chi connectivity index (χ3n) is 3.02. The summed E-state index contributed by atoms with van der Waals surface area (Å²) in [5, 5.41) is 12.0. The van der Waals surface area contributed by atoms with Crippen molar-refractivity contribution in [2.75, 3.05) is 5.32 Å². The van der Waals surface area contributed by atoms with Crippen molar-refractivity contribution in [3.05, 3.63) is 59.3 Å². The Bertz CT molecular complexity index is 657. The van der Waals surface area contributed by atoms with E-state index in [0.29, 0.717) is 16.9 Å². The van der Waals surface area contributed by atoms with Crippen LogP contribution in [0.2, 0.25) is 0 Å². The first-order valence-electron chi connectivity index (χ1n) is 6.20. The second kappa shape index (κ2) is 5.83. The average Bonchev–Trinajstić information content (AvgIpc) is 2.47. The van der Waals surface area contributed by atoms with Gasteiger partial charge in [0.2, 0.25) is 0 Å². The van der Waals surface area contributed by atoms with Crippen LogP contribution in [0.15, 0.2) is 42.6 Å². The van der Waals surface area contributed by atoms with Gasteiger partial charge in [0.05, 0.1) is 11.1 Å². The van der Waals surface area contributed by atoms with Crippen molar-refractivity contribution in [2.45, 2.75) is 19.1 Å². The van der Waals surface area contributed by atoms with Crippen LogP contribution in [0.25, 0.3) is 0 Å². The van der Waals surface area contributed by atoms with Crippen LogP contribution in [0.4, 0.5) is 19.0 Å². The third-order valence-corrected chi connectivity index (χ3v) is 3.02. The summed E-state index contributed by atoms with van der Waals surface area (Å²) in [6, 6.07) is 9.91. The molecule has 0 spiro atoms. The number of aromatic nitrogens is 1. The number of nitrogens with zero attached hydrogens (tertiary/aromatic N) is 2. The summed E-state index contributed by atoms with van der Waals surface area (Å²) in [5.74, 6) is 0.410. The third kappa shape index (κ3) is 3.51. The highest BCUT2D eigenvalue weighted by atomic mass is 19.4. The minimum atomic E-state index is -4.34. The number of anilines is 1. The van der Waals surface area contributed by atoms with Crippen molar-refractivity contribution in [1.82, 2.24) is 4.98 Å². The number of benzene rings is 1. The second-order valence-corrected chi connectivity index (χ2v) is 4.50. The largest absolute Gasteiger partial charge is 0.416 e. The standard InChI is InChI=1S/C15H12F3N3/c1-10(21-14-12(9-19)3-2-8-20-14)11-4-6-13(7-5-11)15(16,17)18/h2-8,10H,1H3,(H,20,21). The van der Waals surface area contributed by atoms with E-state index in [1.165, 1.54) is 12.1 Å². The summed E-state index contributed by atoms with van der Waals surface area (Å²) >= 11 is 0. The maximum atomic E-state index is 12.5. The molecule has 1 aromatic heterocycles. The maximum absolute atomic E-state index is 12.5. The summed E-state index contributed by atoms with van der Waals surface area (Å²) < 4.78 is 37.5. The first-order valence-corrected chi connectivity index (χ1v) is 6.20. The van der Waals surface area contributed by atoms with E-state index >= 15 is 0 Å². The minimum Gasteiger partial charge on any atom is -0.362 e. The SMILES string of the molecule is CC(Nc1ncccc1C#N)c1ccc(C(F)(F)F)cc1. The zero-order valence-electron chi connectivity index (χ0n) is 11.1. The Morgan fingerprint density at radius 1 is 1.19 bits per heavy atom. The minimum absolute atomic E-state index is 0.269. The first-order chi connectivity index (χ1) is 9.91. The van der Waals surface area contributed by atoms with Crippen LogP contribution in [-0.2, 0) is 6.18 Å². The van der Waals surface area contributed by atoms with E-state index in [1.807, 2.05) is 6.07 Å². The van der Waals surface area contributed by atoms with Gasteiger partial charge in [0, 0.05) is 12.2 Å². The van der Waals surface area contributed by atoms with E-state index < -0.39 is 11.7 Å². The Kier molecular flexibility index (Phi) is 4.13. The van der Waals surface area contributed by atoms with Crippen LogP contribution < -0.4 is 5.32 Å². The fourth-order valence-electron chi connectivity index (χ4n) is 1.86. The summed E-state index contributed by atoms with van der Waals surface area (Å²) in [6.07, 6.45) is -2.80. The van der Waals surface area contributed by atoms with E-state index in [4.69, 9.17) is 5.26 Å².